The lowest BCUT2D eigenvalue weighted by atomic mass is 9.92. The van der Waals surface area contributed by atoms with Gasteiger partial charge in [-0.2, -0.15) is 0 Å². The van der Waals surface area contributed by atoms with Gasteiger partial charge in [-0.1, -0.05) is 33.3 Å². The number of amides is 1. The molecule has 0 aliphatic heterocycles. The molecule has 1 amide bonds. The molecule has 1 aromatic rings. The molecule has 0 saturated carbocycles. The number of aliphatic hydroxyl groups excluding tert-OH is 1. The summed E-state index contributed by atoms with van der Waals surface area (Å²) in [7, 11) is 0. The lowest BCUT2D eigenvalue weighted by Crippen LogP contribution is -2.37. The first-order valence-electron chi connectivity index (χ1n) is 7.36. The summed E-state index contributed by atoms with van der Waals surface area (Å²) < 4.78 is 0. The Kier molecular flexibility index (Phi) is 7.23. The molecule has 20 heavy (non-hydrogen) atoms. The van der Waals surface area contributed by atoms with Crippen LogP contribution in [0.15, 0.2) is 24.4 Å². The maximum Gasteiger partial charge on any atom is 0.223 e. The average molecular weight is 278 g/mol. The average Bonchev–Trinajstić information content (AvgIpc) is 2.50. The molecule has 0 aromatic carbocycles. The summed E-state index contributed by atoms with van der Waals surface area (Å²) >= 11 is 0. The number of nitrogens with one attached hydrogen (secondary N) is 1. The maximum atomic E-state index is 12.0. The van der Waals surface area contributed by atoms with Crippen molar-refractivity contribution in [2.24, 2.45) is 17.8 Å². The minimum Gasteiger partial charge on any atom is -0.396 e. The molecule has 1 rings (SSSR count). The third-order valence-electron chi connectivity index (χ3n) is 3.96. The predicted molar refractivity (Wildman–Crippen MR) is 80.1 cm³/mol. The van der Waals surface area contributed by atoms with Crippen LogP contribution in [0.25, 0.3) is 0 Å². The third kappa shape index (κ3) is 5.29. The zero-order valence-electron chi connectivity index (χ0n) is 12.7. The Hall–Kier alpha value is -1.42. The van der Waals surface area contributed by atoms with Crippen molar-refractivity contribution < 1.29 is 9.90 Å². The van der Waals surface area contributed by atoms with E-state index in [1.807, 2.05) is 25.1 Å². The number of aromatic nitrogens is 1. The minimum atomic E-state index is 0.00851. The summed E-state index contributed by atoms with van der Waals surface area (Å²) in [4.78, 5) is 16.3. The molecule has 0 saturated heterocycles. The van der Waals surface area contributed by atoms with Crippen LogP contribution >= 0.6 is 0 Å². The van der Waals surface area contributed by atoms with E-state index >= 15 is 0 Å². The van der Waals surface area contributed by atoms with Crippen LogP contribution < -0.4 is 5.32 Å². The largest absolute Gasteiger partial charge is 0.396 e. The van der Waals surface area contributed by atoms with Gasteiger partial charge < -0.3 is 10.4 Å². The van der Waals surface area contributed by atoms with E-state index in [9.17, 15) is 9.90 Å². The Morgan fingerprint density at radius 1 is 1.40 bits per heavy atom. The summed E-state index contributed by atoms with van der Waals surface area (Å²) in [6, 6.07) is 5.74. The molecule has 0 bridgehead atoms. The summed E-state index contributed by atoms with van der Waals surface area (Å²) in [5.74, 6) is 0.462. The molecule has 112 valence electrons. The number of hydrogen-bond acceptors (Lipinski definition) is 3. The molecule has 0 fully saturated rings. The Morgan fingerprint density at radius 2 is 2.15 bits per heavy atom. The van der Waals surface area contributed by atoms with E-state index in [4.69, 9.17) is 0 Å². The van der Waals surface area contributed by atoms with Gasteiger partial charge in [0.1, 0.15) is 0 Å². The van der Waals surface area contributed by atoms with Gasteiger partial charge in [-0.05, 0) is 24.5 Å². The van der Waals surface area contributed by atoms with Gasteiger partial charge in [0.05, 0.1) is 0 Å². The fraction of sp³-hybridized carbons (Fsp3) is 0.625. The number of hydrogen-bond donors (Lipinski definition) is 2. The number of carbonyl (C=O) groups excluding carboxylic acids is 1. The van der Waals surface area contributed by atoms with Gasteiger partial charge in [-0.15, -0.1) is 0 Å². The highest BCUT2D eigenvalue weighted by Gasteiger charge is 2.19. The molecule has 0 radical (unpaired) electrons. The molecule has 1 aromatic heterocycles. The lowest BCUT2D eigenvalue weighted by Gasteiger charge is -2.20. The topological polar surface area (TPSA) is 62.2 Å². The molecular weight excluding hydrogens is 252 g/mol. The first-order valence-corrected chi connectivity index (χ1v) is 7.36. The molecular formula is C16H26N2O2. The van der Waals surface area contributed by atoms with Crippen LogP contribution in [0.3, 0.4) is 0 Å². The highest BCUT2D eigenvalue weighted by atomic mass is 16.3. The van der Waals surface area contributed by atoms with Crippen molar-refractivity contribution in [2.45, 2.75) is 33.6 Å². The van der Waals surface area contributed by atoms with E-state index in [0.717, 1.165) is 12.1 Å². The fourth-order valence-corrected chi connectivity index (χ4v) is 2.03. The Balaban J connectivity index is 2.43. The second-order valence-electron chi connectivity index (χ2n) is 5.49. The Morgan fingerprint density at radius 3 is 2.70 bits per heavy atom. The Labute approximate surface area is 121 Å². The van der Waals surface area contributed by atoms with E-state index in [1.165, 1.54) is 0 Å². The smallest absolute Gasteiger partial charge is 0.223 e. The zero-order chi connectivity index (χ0) is 15.0. The molecule has 0 aliphatic carbocycles. The standard InChI is InChI=1S/C16H26N2O2/c1-4-12(2)13(3)16(20)18-10-14(11-19)9-15-7-5-6-8-17-15/h5-8,12-14,19H,4,9-11H2,1-3H3,(H,18,20). The van der Waals surface area contributed by atoms with Crippen LogP contribution in [-0.4, -0.2) is 29.1 Å². The number of carbonyl (C=O) groups is 1. The number of rotatable bonds is 8. The molecule has 1 heterocycles. The Bertz CT molecular complexity index is 395. The number of nitrogens with zero attached hydrogens (tertiary/aromatic N) is 1. The molecule has 0 spiro atoms. The molecule has 0 aliphatic rings. The lowest BCUT2D eigenvalue weighted by molar-refractivity contribution is -0.126. The fourth-order valence-electron chi connectivity index (χ4n) is 2.03. The van der Waals surface area contributed by atoms with Crippen LogP contribution in [0.2, 0.25) is 0 Å². The van der Waals surface area contributed by atoms with E-state index < -0.39 is 0 Å². The van der Waals surface area contributed by atoms with Gasteiger partial charge in [-0.3, -0.25) is 9.78 Å². The van der Waals surface area contributed by atoms with Crippen molar-refractivity contribution in [2.75, 3.05) is 13.2 Å². The second kappa shape index (κ2) is 8.69. The summed E-state index contributed by atoms with van der Waals surface area (Å²) in [5.41, 5.74) is 0.941. The van der Waals surface area contributed by atoms with Crippen molar-refractivity contribution >= 4 is 5.91 Å². The summed E-state index contributed by atoms with van der Waals surface area (Å²) in [6.07, 6.45) is 3.41. The van der Waals surface area contributed by atoms with Crippen LogP contribution in [0.4, 0.5) is 0 Å². The van der Waals surface area contributed by atoms with E-state index in [2.05, 4.69) is 24.1 Å². The number of pyridine rings is 1. The van der Waals surface area contributed by atoms with Gasteiger partial charge in [0, 0.05) is 36.9 Å². The van der Waals surface area contributed by atoms with Crippen LogP contribution in [0.5, 0.6) is 0 Å². The highest BCUT2D eigenvalue weighted by Crippen LogP contribution is 2.14. The molecule has 4 nitrogen and oxygen atoms in total. The van der Waals surface area contributed by atoms with Crippen LogP contribution in [0, 0.1) is 17.8 Å². The van der Waals surface area contributed by atoms with Gasteiger partial charge in [0.15, 0.2) is 0 Å². The van der Waals surface area contributed by atoms with Crippen molar-refractivity contribution in [3.63, 3.8) is 0 Å². The molecule has 3 atom stereocenters. The molecule has 3 unspecified atom stereocenters. The molecule has 2 N–H and O–H groups in total. The quantitative estimate of drug-likeness (QED) is 0.765. The van der Waals surface area contributed by atoms with Crippen molar-refractivity contribution in [1.82, 2.24) is 10.3 Å². The third-order valence-corrected chi connectivity index (χ3v) is 3.96. The number of aliphatic hydroxyl groups is 1. The van der Waals surface area contributed by atoms with Crippen LogP contribution in [-0.2, 0) is 11.2 Å². The van der Waals surface area contributed by atoms with Crippen molar-refractivity contribution in [3.05, 3.63) is 30.1 Å². The normalized spacial score (nSPS) is 15.4. The first-order chi connectivity index (χ1) is 9.58. The zero-order valence-corrected chi connectivity index (χ0v) is 12.7. The monoisotopic (exact) mass is 278 g/mol. The van der Waals surface area contributed by atoms with Crippen molar-refractivity contribution in [3.8, 4) is 0 Å². The first kappa shape index (κ1) is 16.6. The summed E-state index contributed by atoms with van der Waals surface area (Å²) in [6.45, 7) is 6.67. The minimum absolute atomic E-state index is 0.00851. The van der Waals surface area contributed by atoms with E-state index in [-0.39, 0.29) is 24.3 Å². The van der Waals surface area contributed by atoms with Crippen molar-refractivity contribution in [1.29, 1.82) is 0 Å². The maximum absolute atomic E-state index is 12.0. The van der Waals surface area contributed by atoms with E-state index in [1.54, 1.807) is 6.20 Å². The van der Waals surface area contributed by atoms with Gasteiger partial charge in [0.25, 0.3) is 0 Å². The van der Waals surface area contributed by atoms with Gasteiger partial charge in [-0.25, -0.2) is 0 Å². The second-order valence-corrected chi connectivity index (χ2v) is 5.49. The highest BCUT2D eigenvalue weighted by molar-refractivity contribution is 5.78. The summed E-state index contributed by atoms with van der Waals surface area (Å²) in [5, 5.41) is 12.4. The SMILES string of the molecule is CCC(C)C(C)C(=O)NCC(CO)Cc1ccccn1. The molecule has 4 heteroatoms. The van der Waals surface area contributed by atoms with Gasteiger partial charge in [0.2, 0.25) is 5.91 Å². The van der Waals surface area contributed by atoms with Gasteiger partial charge >= 0.3 is 0 Å². The van der Waals surface area contributed by atoms with E-state index in [0.29, 0.717) is 18.9 Å². The van der Waals surface area contributed by atoms with Crippen LogP contribution in [0.1, 0.15) is 32.9 Å². The predicted octanol–water partition coefficient (Wildman–Crippen LogP) is 2.03.